The summed E-state index contributed by atoms with van der Waals surface area (Å²) in [6.45, 7) is 5.67. The van der Waals surface area contributed by atoms with Crippen molar-refractivity contribution in [3.8, 4) is 6.07 Å². The van der Waals surface area contributed by atoms with Gasteiger partial charge in [-0.25, -0.2) is 0 Å². The molecule has 0 aliphatic carbocycles. The lowest BCUT2D eigenvalue weighted by atomic mass is 10.1. The average molecular weight is 195 g/mol. The number of nitrogens with one attached hydrogen (secondary N) is 1. The molecule has 0 bridgehead atoms. The lowest BCUT2D eigenvalue weighted by Gasteiger charge is -2.37. The topological polar surface area (TPSA) is 56.1 Å². The first kappa shape index (κ1) is 11.0. The lowest BCUT2D eigenvalue weighted by molar-refractivity contribution is -0.138. The zero-order chi connectivity index (χ0) is 10.6. The monoisotopic (exact) mass is 195 g/mol. The molecule has 2 atom stereocenters. The highest BCUT2D eigenvalue weighted by molar-refractivity contribution is 5.83. The van der Waals surface area contributed by atoms with Gasteiger partial charge in [0.05, 0.1) is 12.5 Å². The van der Waals surface area contributed by atoms with Gasteiger partial charge in [-0.05, 0) is 13.3 Å². The molecule has 0 aromatic carbocycles. The molecule has 14 heavy (non-hydrogen) atoms. The lowest BCUT2D eigenvalue weighted by Crippen LogP contribution is -2.59. The van der Waals surface area contributed by atoms with Crippen molar-refractivity contribution in [2.75, 3.05) is 13.1 Å². The van der Waals surface area contributed by atoms with Crippen molar-refractivity contribution in [3.05, 3.63) is 0 Å². The van der Waals surface area contributed by atoms with Gasteiger partial charge >= 0.3 is 0 Å². The largest absolute Gasteiger partial charge is 0.337 e. The first-order valence-corrected chi connectivity index (χ1v) is 5.11. The summed E-state index contributed by atoms with van der Waals surface area (Å²) < 4.78 is 0. The molecule has 0 aromatic heterocycles. The molecular formula is C10H17N3O. The standard InChI is InChI=1S/C10H17N3O/c1-3-6-13-8(2)7-12-9(4-5-11)10(13)14/h8-9,12H,3-4,6-7H2,1-2H3. The van der Waals surface area contributed by atoms with Crippen LogP contribution >= 0.6 is 0 Å². The highest BCUT2D eigenvalue weighted by atomic mass is 16.2. The van der Waals surface area contributed by atoms with Crippen LogP contribution in [0.2, 0.25) is 0 Å². The minimum atomic E-state index is -0.289. The third-order valence-corrected chi connectivity index (χ3v) is 2.53. The number of hydrogen-bond donors (Lipinski definition) is 1. The van der Waals surface area contributed by atoms with Gasteiger partial charge in [0, 0.05) is 19.1 Å². The van der Waals surface area contributed by atoms with Crippen LogP contribution in [0.5, 0.6) is 0 Å². The van der Waals surface area contributed by atoms with E-state index in [4.69, 9.17) is 5.26 Å². The number of carbonyl (C=O) groups is 1. The average Bonchev–Trinajstić information content (AvgIpc) is 2.17. The van der Waals surface area contributed by atoms with E-state index in [0.717, 1.165) is 19.5 Å². The molecule has 1 rings (SSSR count). The van der Waals surface area contributed by atoms with E-state index < -0.39 is 0 Å². The Balaban J connectivity index is 2.63. The predicted octanol–water partition coefficient (Wildman–Crippen LogP) is 0.499. The van der Waals surface area contributed by atoms with Crippen molar-refractivity contribution in [1.29, 1.82) is 5.26 Å². The second kappa shape index (κ2) is 4.97. The summed E-state index contributed by atoms with van der Waals surface area (Å²) in [7, 11) is 0. The number of piperazine rings is 1. The minimum absolute atomic E-state index is 0.0761. The molecule has 1 heterocycles. The fraction of sp³-hybridized carbons (Fsp3) is 0.800. The Kier molecular flexibility index (Phi) is 3.90. The summed E-state index contributed by atoms with van der Waals surface area (Å²) in [5.74, 6) is 0.0761. The molecule has 78 valence electrons. The predicted molar refractivity (Wildman–Crippen MR) is 53.5 cm³/mol. The molecule has 4 nitrogen and oxygen atoms in total. The van der Waals surface area contributed by atoms with E-state index in [1.165, 1.54) is 0 Å². The molecule has 1 amide bonds. The van der Waals surface area contributed by atoms with Crippen LogP contribution in [0.15, 0.2) is 0 Å². The van der Waals surface area contributed by atoms with E-state index in [0.29, 0.717) is 0 Å². The van der Waals surface area contributed by atoms with Crippen LogP contribution in [-0.4, -0.2) is 36.0 Å². The SMILES string of the molecule is CCCN1C(=O)C(CC#N)NCC1C. The van der Waals surface area contributed by atoms with Crippen molar-refractivity contribution in [3.63, 3.8) is 0 Å². The zero-order valence-corrected chi connectivity index (χ0v) is 8.79. The van der Waals surface area contributed by atoms with Crippen molar-refractivity contribution in [2.45, 2.75) is 38.8 Å². The molecular weight excluding hydrogens is 178 g/mol. The number of amides is 1. The molecule has 1 saturated heterocycles. The second-order valence-corrected chi connectivity index (χ2v) is 3.70. The fourth-order valence-electron chi connectivity index (χ4n) is 1.75. The maximum Gasteiger partial charge on any atom is 0.241 e. The normalized spacial score (nSPS) is 27.5. The van der Waals surface area contributed by atoms with Crippen LogP contribution in [-0.2, 0) is 4.79 Å². The number of carbonyl (C=O) groups excluding carboxylic acids is 1. The van der Waals surface area contributed by atoms with E-state index in [2.05, 4.69) is 12.2 Å². The Labute approximate surface area is 84.9 Å². The van der Waals surface area contributed by atoms with Crippen LogP contribution in [0.3, 0.4) is 0 Å². The Bertz CT molecular complexity index is 246. The van der Waals surface area contributed by atoms with E-state index in [-0.39, 0.29) is 24.4 Å². The summed E-state index contributed by atoms with van der Waals surface area (Å²) in [6.07, 6.45) is 1.24. The number of rotatable bonds is 3. The maximum absolute atomic E-state index is 11.8. The highest BCUT2D eigenvalue weighted by Gasteiger charge is 2.31. The second-order valence-electron chi connectivity index (χ2n) is 3.70. The molecule has 0 aromatic rings. The Morgan fingerprint density at radius 1 is 1.71 bits per heavy atom. The van der Waals surface area contributed by atoms with Crippen LogP contribution < -0.4 is 5.32 Å². The molecule has 1 fully saturated rings. The molecule has 0 spiro atoms. The van der Waals surface area contributed by atoms with Crippen molar-refractivity contribution in [1.82, 2.24) is 10.2 Å². The number of nitriles is 1. The highest BCUT2D eigenvalue weighted by Crippen LogP contribution is 2.10. The summed E-state index contributed by atoms with van der Waals surface area (Å²) in [4.78, 5) is 13.7. The Morgan fingerprint density at radius 2 is 2.43 bits per heavy atom. The van der Waals surface area contributed by atoms with Crippen LogP contribution in [0, 0.1) is 11.3 Å². The van der Waals surface area contributed by atoms with Gasteiger partial charge in [0.1, 0.15) is 6.04 Å². The molecule has 0 radical (unpaired) electrons. The molecule has 1 aliphatic heterocycles. The minimum Gasteiger partial charge on any atom is -0.337 e. The van der Waals surface area contributed by atoms with Crippen LogP contribution in [0.25, 0.3) is 0 Å². The van der Waals surface area contributed by atoms with Crippen molar-refractivity contribution < 1.29 is 4.79 Å². The van der Waals surface area contributed by atoms with Gasteiger partial charge in [-0.3, -0.25) is 4.79 Å². The molecule has 1 N–H and O–H groups in total. The molecule has 2 unspecified atom stereocenters. The third kappa shape index (κ3) is 2.24. The summed E-state index contributed by atoms with van der Waals surface area (Å²) in [6, 6.07) is 1.99. The van der Waals surface area contributed by atoms with Gasteiger partial charge in [-0.2, -0.15) is 5.26 Å². The smallest absolute Gasteiger partial charge is 0.241 e. The van der Waals surface area contributed by atoms with E-state index in [1.807, 2.05) is 17.9 Å². The van der Waals surface area contributed by atoms with E-state index in [9.17, 15) is 4.79 Å². The molecule has 0 saturated carbocycles. The van der Waals surface area contributed by atoms with E-state index in [1.54, 1.807) is 0 Å². The summed E-state index contributed by atoms with van der Waals surface area (Å²) in [5.41, 5.74) is 0. The Hall–Kier alpha value is -1.08. The van der Waals surface area contributed by atoms with Gasteiger partial charge in [0.2, 0.25) is 5.91 Å². The van der Waals surface area contributed by atoms with Gasteiger partial charge in [0.15, 0.2) is 0 Å². The summed E-state index contributed by atoms with van der Waals surface area (Å²) >= 11 is 0. The van der Waals surface area contributed by atoms with Gasteiger partial charge in [0.25, 0.3) is 0 Å². The van der Waals surface area contributed by atoms with Gasteiger partial charge in [-0.15, -0.1) is 0 Å². The van der Waals surface area contributed by atoms with Gasteiger partial charge in [-0.1, -0.05) is 6.92 Å². The number of hydrogen-bond acceptors (Lipinski definition) is 3. The maximum atomic E-state index is 11.8. The fourth-order valence-corrected chi connectivity index (χ4v) is 1.75. The third-order valence-electron chi connectivity index (χ3n) is 2.53. The van der Waals surface area contributed by atoms with Crippen molar-refractivity contribution in [2.24, 2.45) is 0 Å². The quantitative estimate of drug-likeness (QED) is 0.713. The van der Waals surface area contributed by atoms with Crippen LogP contribution in [0.4, 0.5) is 0 Å². The molecule has 4 heteroatoms. The van der Waals surface area contributed by atoms with Crippen molar-refractivity contribution >= 4 is 5.91 Å². The van der Waals surface area contributed by atoms with Crippen LogP contribution in [0.1, 0.15) is 26.7 Å². The van der Waals surface area contributed by atoms with Gasteiger partial charge < -0.3 is 10.2 Å². The zero-order valence-electron chi connectivity index (χ0n) is 8.79. The first-order valence-electron chi connectivity index (χ1n) is 5.11. The number of nitrogens with zero attached hydrogens (tertiary/aromatic N) is 2. The molecule has 1 aliphatic rings. The Morgan fingerprint density at radius 3 is 3.00 bits per heavy atom. The van der Waals surface area contributed by atoms with E-state index >= 15 is 0 Å². The summed E-state index contributed by atoms with van der Waals surface area (Å²) in [5, 5.41) is 11.7. The first-order chi connectivity index (χ1) is 6.70.